The SMILES string of the molecule is Cc1cccc(Cn2c(C3CC3)nc(Cl)cc2=O)c1. The molecule has 1 fully saturated rings. The van der Waals surface area contributed by atoms with Crippen molar-refractivity contribution in [2.75, 3.05) is 0 Å². The summed E-state index contributed by atoms with van der Waals surface area (Å²) in [5.74, 6) is 1.23. The van der Waals surface area contributed by atoms with E-state index in [-0.39, 0.29) is 5.56 Å². The first-order valence-electron chi connectivity index (χ1n) is 6.46. The number of hydrogen-bond acceptors (Lipinski definition) is 2. The van der Waals surface area contributed by atoms with Crippen molar-refractivity contribution < 1.29 is 0 Å². The second kappa shape index (κ2) is 4.82. The smallest absolute Gasteiger partial charge is 0.255 e. The third kappa shape index (κ3) is 2.71. The van der Waals surface area contributed by atoms with Crippen molar-refractivity contribution in [2.45, 2.75) is 32.2 Å². The first-order chi connectivity index (χ1) is 9.13. The highest BCUT2D eigenvalue weighted by Crippen LogP contribution is 2.38. The first-order valence-corrected chi connectivity index (χ1v) is 6.84. The molecule has 0 amide bonds. The lowest BCUT2D eigenvalue weighted by molar-refractivity contribution is 0.669. The van der Waals surface area contributed by atoms with Gasteiger partial charge >= 0.3 is 0 Å². The molecule has 3 rings (SSSR count). The van der Waals surface area contributed by atoms with Crippen LogP contribution in [0.3, 0.4) is 0 Å². The standard InChI is InChI=1S/C15H15ClN2O/c1-10-3-2-4-11(7-10)9-18-14(19)8-13(16)17-15(18)12-5-6-12/h2-4,7-8,12H,5-6,9H2,1H3. The van der Waals surface area contributed by atoms with Gasteiger partial charge in [-0.3, -0.25) is 9.36 Å². The van der Waals surface area contributed by atoms with Crippen molar-refractivity contribution in [3.63, 3.8) is 0 Å². The van der Waals surface area contributed by atoms with E-state index in [0.717, 1.165) is 24.2 Å². The molecule has 0 radical (unpaired) electrons. The van der Waals surface area contributed by atoms with E-state index in [2.05, 4.69) is 11.1 Å². The number of nitrogens with zero attached hydrogens (tertiary/aromatic N) is 2. The largest absolute Gasteiger partial charge is 0.292 e. The molecule has 1 aliphatic carbocycles. The molecule has 4 heteroatoms. The fourth-order valence-electron chi connectivity index (χ4n) is 2.30. The van der Waals surface area contributed by atoms with Gasteiger partial charge in [0.25, 0.3) is 5.56 Å². The third-order valence-electron chi connectivity index (χ3n) is 3.37. The fraction of sp³-hybridized carbons (Fsp3) is 0.333. The molecule has 1 saturated carbocycles. The van der Waals surface area contributed by atoms with Gasteiger partial charge in [0.2, 0.25) is 0 Å². The molecule has 0 unspecified atom stereocenters. The molecule has 1 heterocycles. The molecule has 0 aliphatic heterocycles. The van der Waals surface area contributed by atoms with Crippen LogP contribution < -0.4 is 5.56 Å². The highest BCUT2D eigenvalue weighted by Gasteiger charge is 2.28. The van der Waals surface area contributed by atoms with Crippen LogP contribution in [-0.4, -0.2) is 9.55 Å². The predicted octanol–water partition coefficient (Wildman–Crippen LogP) is 3.13. The number of aromatic nitrogens is 2. The summed E-state index contributed by atoms with van der Waals surface area (Å²) in [4.78, 5) is 16.5. The summed E-state index contributed by atoms with van der Waals surface area (Å²) >= 11 is 5.90. The zero-order chi connectivity index (χ0) is 13.4. The van der Waals surface area contributed by atoms with Crippen LogP contribution in [0.2, 0.25) is 5.15 Å². The van der Waals surface area contributed by atoms with Crippen molar-refractivity contribution in [1.29, 1.82) is 0 Å². The van der Waals surface area contributed by atoms with Gasteiger partial charge in [-0.15, -0.1) is 0 Å². The highest BCUT2D eigenvalue weighted by molar-refractivity contribution is 6.29. The molecule has 0 spiro atoms. The molecule has 0 atom stereocenters. The zero-order valence-corrected chi connectivity index (χ0v) is 11.5. The van der Waals surface area contributed by atoms with E-state index in [1.807, 2.05) is 25.1 Å². The van der Waals surface area contributed by atoms with Gasteiger partial charge in [-0.05, 0) is 25.3 Å². The Hall–Kier alpha value is -1.61. The quantitative estimate of drug-likeness (QED) is 0.806. The lowest BCUT2D eigenvalue weighted by Crippen LogP contribution is -2.24. The van der Waals surface area contributed by atoms with Gasteiger partial charge in [0.15, 0.2) is 0 Å². The van der Waals surface area contributed by atoms with Crippen LogP contribution >= 0.6 is 11.6 Å². The Kier molecular flexibility index (Phi) is 3.15. The van der Waals surface area contributed by atoms with Crippen molar-refractivity contribution in [3.8, 4) is 0 Å². The van der Waals surface area contributed by atoms with E-state index in [1.54, 1.807) is 4.57 Å². The van der Waals surface area contributed by atoms with Crippen molar-refractivity contribution in [1.82, 2.24) is 9.55 Å². The molecular formula is C15H15ClN2O. The molecule has 2 aromatic rings. The van der Waals surface area contributed by atoms with Crippen LogP contribution in [0.15, 0.2) is 35.1 Å². The average Bonchev–Trinajstić information content (AvgIpc) is 3.16. The summed E-state index contributed by atoms with van der Waals surface area (Å²) in [7, 11) is 0. The zero-order valence-electron chi connectivity index (χ0n) is 10.8. The van der Waals surface area contributed by atoms with E-state index >= 15 is 0 Å². The number of halogens is 1. The summed E-state index contributed by atoms with van der Waals surface area (Å²) in [6, 6.07) is 9.58. The Balaban J connectivity index is 2.02. The lowest BCUT2D eigenvalue weighted by atomic mass is 10.1. The molecule has 1 aromatic heterocycles. The van der Waals surface area contributed by atoms with Gasteiger partial charge in [0.05, 0.1) is 6.54 Å². The Labute approximate surface area is 116 Å². The Bertz CT molecular complexity index is 674. The highest BCUT2D eigenvalue weighted by atomic mass is 35.5. The van der Waals surface area contributed by atoms with Gasteiger partial charge in [-0.2, -0.15) is 0 Å². The van der Waals surface area contributed by atoms with Crippen LogP contribution in [0, 0.1) is 6.92 Å². The molecule has 0 bridgehead atoms. The van der Waals surface area contributed by atoms with Crippen LogP contribution in [0.5, 0.6) is 0 Å². The number of hydrogen-bond donors (Lipinski definition) is 0. The summed E-state index contributed by atoms with van der Waals surface area (Å²) in [5.41, 5.74) is 2.25. The van der Waals surface area contributed by atoms with E-state index in [9.17, 15) is 4.79 Å². The summed E-state index contributed by atoms with van der Waals surface area (Å²) in [6.45, 7) is 2.62. The summed E-state index contributed by atoms with van der Waals surface area (Å²) < 4.78 is 1.75. The van der Waals surface area contributed by atoms with Gasteiger partial charge in [0.1, 0.15) is 11.0 Å². The third-order valence-corrected chi connectivity index (χ3v) is 3.57. The van der Waals surface area contributed by atoms with Crippen molar-refractivity contribution in [2.24, 2.45) is 0 Å². The second-order valence-corrected chi connectivity index (χ2v) is 5.51. The number of rotatable bonds is 3. The first kappa shape index (κ1) is 12.4. The van der Waals surface area contributed by atoms with E-state index in [0.29, 0.717) is 17.6 Å². The van der Waals surface area contributed by atoms with E-state index in [1.165, 1.54) is 11.6 Å². The van der Waals surface area contributed by atoms with Gasteiger partial charge in [-0.1, -0.05) is 41.4 Å². The molecule has 98 valence electrons. The molecule has 1 aromatic carbocycles. The van der Waals surface area contributed by atoms with Gasteiger partial charge in [-0.25, -0.2) is 4.98 Å². The minimum absolute atomic E-state index is 0.0663. The molecule has 0 N–H and O–H groups in total. The van der Waals surface area contributed by atoms with Gasteiger partial charge in [0, 0.05) is 12.0 Å². The Morgan fingerprint density at radius 2 is 2.16 bits per heavy atom. The molecule has 0 saturated heterocycles. The molecule has 1 aliphatic rings. The normalized spacial score (nSPS) is 14.6. The molecular weight excluding hydrogens is 260 g/mol. The van der Waals surface area contributed by atoms with E-state index < -0.39 is 0 Å². The molecule has 19 heavy (non-hydrogen) atoms. The minimum atomic E-state index is -0.0663. The Morgan fingerprint density at radius 3 is 2.84 bits per heavy atom. The average molecular weight is 275 g/mol. The monoisotopic (exact) mass is 274 g/mol. The van der Waals surface area contributed by atoms with Crippen LogP contribution in [0.1, 0.15) is 35.7 Å². The topological polar surface area (TPSA) is 34.9 Å². The number of benzene rings is 1. The van der Waals surface area contributed by atoms with Crippen LogP contribution in [0.25, 0.3) is 0 Å². The maximum Gasteiger partial charge on any atom is 0.255 e. The van der Waals surface area contributed by atoms with Crippen LogP contribution in [-0.2, 0) is 6.54 Å². The van der Waals surface area contributed by atoms with Gasteiger partial charge < -0.3 is 0 Å². The summed E-state index contributed by atoms with van der Waals surface area (Å²) in [5, 5.41) is 0.299. The Morgan fingerprint density at radius 1 is 1.37 bits per heavy atom. The maximum absolute atomic E-state index is 12.1. The summed E-state index contributed by atoms with van der Waals surface area (Å²) in [6.07, 6.45) is 2.20. The van der Waals surface area contributed by atoms with Crippen LogP contribution in [0.4, 0.5) is 0 Å². The van der Waals surface area contributed by atoms with Crippen molar-refractivity contribution in [3.05, 3.63) is 62.8 Å². The van der Waals surface area contributed by atoms with E-state index in [4.69, 9.17) is 11.6 Å². The second-order valence-electron chi connectivity index (χ2n) is 5.12. The lowest BCUT2D eigenvalue weighted by Gasteiger charge is -2.12. The fourth-order valence-corrected chi connectivity index (χ4v) is 2.48. The number of aryl methyl sites for hydroxylation is 1. The van der Waals surface area contributed by atoms with Crippen molar-refractivity contribution >= 4 is 11.6 Å². The molecule has 3 nitrogen and oxygen atoms in total. The predicted molar refractivity (Wildman–Crippen MR) is 75.8 cm³/mol. The maximum atomic E-state index is 12.1. The minimum Gasteiger partial charge on any atom is -0.292 e.